The lowest BCUT2D eigenvalue weighted by molar-refractivity contribution is 0.584. The highest BCUT2D eigenvalue weighted by atomic mass is 28.3. The molecule has 0 N–H and O–H groups in total. The Morgan fingerprint density at radius 2 is 1.27 bits per heavy atom. The smallest absolute Gasteiger partial charge is 0.0677 e. The van der Waals surface area contributed by atoms with E-state index in [0.29, 0.717) is 0 Å². The van der Waals surface area contributed by atoms with Gasteiger partial charge >= 0.3 is 0 Å². The van der Waals surface area contributed by atoms with Crippen molar-refractivity contribution in [3.05, 3.63) is 29.8 Å². The third-order valence-corrected chi connectivity index (χ3v) is 7.63. The molecule has 1 atom stereocenters. The van der Waals surface area contributed by atoms with Crippen LogP contribution in [-0.4, -0.2) is 8.80 Å². The summed E-state index contributed by atoms with van der Waals surface area (Å²) in [7, 11) is -0.705. The third-order valence-electron chi connectivity index (χ3n) is 4.84. The van der Waals surface area contributed by atoms with Crippen LogP contribution >= 0.6 is 0 Å². The quantitative estimate of drug-likeness (QED) is 0.356. The average Bonchev–Trinajstić information content (AvgIpc) is 2.49. The summed E-state index contributed by atoms with van der Waals surface area (Å²) in [5.41, 5.74) is 1.74. The number of hydrogen-bond donors (Lipinski definition) is 0. The zero-order chi connectivity index (χ0) is 16.4. The summed E-state index contributed by atoms with van der Waals surface area (Å²) in [5.74, 6) is 0. The van der Waals surface area contributed by atoms with Gasteiger partial charge in [0, 0.05) is 0 Å². The molecule has 0 saturated heterocycles. The first kappa shape index (κ1) is 19.5. The van der Waals surface area contributed by atoms with Gasteiger partial charge in [-0.25, -0.2) is 0 Å². The Morgan fingerprint density at radius 3 is 1.77 bits per heavy atom. The van der Waals surface area contributed by atoms with Crippen molar-refractivity contribution in [2.75, 3.05) is 0 Å². The standard InChI is InChI=1S/C21H38Si/c1-6-7-8-9-10-11-12-13-18-22(5)20-16-14-19(15-17-20)21(2,3)4/h14-17,22H,6-13,18H2,1-5H3. The van der Waals surface area contributed by atoms with Gasteiger partial charge in [-0.1, -0.05) is 121 Å². The van der Waals surface area contributed by atoms with E-state index in [9.17, 15) is 0 Å². The van der Waals surface area contributed by atoms with Crippen LogP contribution in [0.15, 0.2) is 24.3 Å². The van der Waals surface area contributed by atoms with E-state index < -0.39 is 8.80 Å². The molecule has 0 spiro atoms. The molecule has 22 heavy (non-hydrogen) atoms. The normalized spacial score (nSPS) is 13.3. The molecule has 1 aromatic rings. The predicted octanol–water partition coefficient (Wildman–Crippen LogP) is 6.19. The van der Waals surface area contributed by atoms with Gasteiger partial charge in [-0.05, 0) is 11.0 Å². The van der Waals surface area contributed by atoms with Crippen LogP contribution in [0.1, 0.15) is 84.6 Å². The Bertz CT molecular complexity index is 385. The largest absolute Gasteiger partial charge is 0.0680 e. The maximum absolute atomic E-state index is 2.52. The Labute approximate surface area is 141 Å². The number of benzene rings is 1. The summed E-state index contributed by atoms with van der Waals surface area (Å²) in [6.45, 7) is 11.7. The summed E-state index contributed by atoms with van der Waals surface area (Å²) in [5, 5.41) is 1.65. The first-order valence-corrected chi connectivity index (χ1v) is 12.1. The Hall–Kier alpha value is -0.563. The van der Waals surface area contributed by atoms with Gasteiger partial charge in [-0.3, -0.25) is 0 Å². The van der Waals surface area contributed by atoms with Crippen LogP contribution in [0.2, 0.25) is 12.6 Å². The van der Waals surface area contributed by atoms with E-state index in [1.807, 2.05) is 0 Å². The highest BCUT2D eigenvalue weighted by Gasteiger charge is 2.14. The number of unbranched alkanes of at least 4 members (excludes halogenated alkanes) is 7. The first-order chi connectivity index (χ1) is 10.4. The molecule has 0 amide bonds. The zero-order valence-electron chi connectivity index (χ0n) is 15.8. The molecule has 0 fully saturated rings. The molecule has 0 aliphatic heterocycles. The van der Waals surface area contributed by atoms with Crippen molar-refractivity contribution in [3.63, 3.8) is 0 Å². The lowest BCUT2D eigenvalue weighted by atomic mass is 9.87. The van der Waals surface area contributed by atoms with E-state index in [4.69, 9.17) is 0 Å². The van der Waals surface area contributed by atoms with Crippen LogP contribution in [-0.2, 0) is 5.41 Å². The summed E-state index contributed by atoms with van der Waals surface area (Å²) in [6, 6.07) is 11.0. The molecule has 0 aliphatic carbocycles. The molecule has 0 heterocycles. The molecule has 0 aliphatic rings. The van der Waals surface area contributed by atoms with Crippen molar-refractivity contribution >= 4 is 14.0 Å². The Morgan fingerprint density at radius 1 is 0.773 bits per heavy atom. The Kier molecular flexibility index (Phi) is 9.08. The van der Waals surface area contributed by atoms with Gasteiger partial charge in [-0.15, -0.1) is 0 Å². The fourth-order valence-electron chi connectivity index (χ4n) is 3.06. The van der Waals surface area contributed by atoms with Crippen LogP contribution in [0.5, 0.6) is 0 Å². The highest BCUT2D eigenvalue weighted by Crippen LogP contribution is 2.21. The van der Waals surface area contributed by atoms with Crippen molar-refractivity contribution in [2.24, 2.45) is 0 Å². The second kappa shape index (κ2) is 10.3. The molecule has 0 aromatic heterocycles. The van der Waals surface area contributed by atoms with E-state index in [1.54, 1.807) is 5.19 Å². The van der Waals surface area contributed by atoms with Gasteiger partial charge in [0.15, 0.2) is 0 Å². The van der Waals surface area contributed by atoms with E-state index in [0.717, 1.165) is 0 Å². The minimum atomic E-state index is -0.705. The second-order valence-electron chi connectivity index (χ2n) is 8.04. The summed E-state index contributed by atoms with van der Waals surface area (Å²) >= 11 is 0. The van der Waals surface area contributed by atoms with Crippen molar-refractivity contribution in [3.8, 4) is 0 Å². The van der Waals surface area contributed by atoms with E-state index >= 15 is 0 Å². The minimum Gasteiger partial charge on any atom is -0.0680 e. The average molecular weight is 319 g/mol. The Balaban J connectivity index is 2.21. The molecule has 1 heteroatoms. The zero-order valence-corrected chi connectivity index (χ0v) is 16.9. The second-order valence-corrected chi connectivity index (χ2v) is 11.1. The van der Waals surface area contributed by atoms with Crippen molar-refractivity contribution in [1.29, 1.82) is 0 Å². The van der Waals surface area contributed by atoms with Crippen LogP contribution < -0.4 is 5.19 Å². The van der Waals surface area contributed by atoms with Crippen LogP contribution in [0, 0.1) is 0 Å². The van der Waals surface area contributed by atoms with E-state index in [2.05, 4.69) is 58.5 Å². The molecular formula is C21H38Si. The lowest BCUT2D eigenvalue weighted by Gasteiger charge is -2.20. The molecule has 1 rings (SSSR count). The SMILES string of the molecule is CCCCCCCCCC[SiH](C)c1ccc(C(C)(C)C)cc1. The van der Waals surface area contributed by atoms with Crippen molar-refractivity contribution < 1.29 is 0 Å². The molecule has 0 nitrogen and oxygen atoms in total. The molecular weight excluding hydrogens is 280 g/mol. The first-order valence-electron chi connectivity index (χ1n) is 9.55. The van der Waals surface area contributed by atoms with E-state index in [-0.39, 0.29) is 5.41 Å². The van der Waals surface area contributed by atoms with Crippen LogP contribution in [0.25, 0.3) is 0 Å². The fourth-order valence-corrected chi connectivity index (χ4v) is 5.15. The summed E-state index contributed by atoms with van der Waals surface area (Å²) in [4.78, 5) is 0. The monoisotopic (exact) mass is 318 g/mol. The summed E-state index contributed by atoms with van der Waals surface area (Å²) in [6.07, 6.45) is 11.5. The molecule has 1 aromatic carbocycles. The van der Waals surface area contributed by atoms with Crippen molar-refractivity contribution in [2.45, 2.75) is 97.1 Å². The van der Waals surface area contributed by atoms with Gasteiger partial charge in [0.1, 0.15) is 0 Å². The number of hydrogen-bond acceptors (Lipinski definition) is 0. The molecule has 0 radical (unpaired) electrons. The predicted molar refractivity (Wildman–Crippen MR) is 105 cm³/mol. The van der Waals surface area contributed by atoms with Crippen LogP contribution in [0.4, 0.5) is 0 Å². The highest BCUT2D eigenvalue weighted by molar-refractivity contribution is 6.71. The fraction of sp³-hybridized carbons (Fsp3) is 0.714. The van der Waals surface area contributed by atoms with Crippen molar-refractivity contribution in [1.82, 2.24) is 0 Å². The van der Waals surface area contributed by atoms with Gasteiger partial charge < -0.3 is 0 Å². The van der Waals surface area contributed by atoms with Gasteiger partial charge in [0.05, 0.1) is 8.80 Å². The molecule has 126 valence electrons. The minimum absolute atomic E-state index is 0.279. The van der Waals surface area contributed by atoms with Gasteiger partial charge in [-0.2, -0.15) is 0 Å². The molecule has 0 bridgehead atoms. The molecule has 0 saturated carbocycles. The van der Waals surface area contributed by atoms with Gasteiger partial charge in [0.25, 0.3) is 0 Å². The van der Waals surface area contributed by atoms with Crippen LogP contribution in [0.3, 0.4) is 0 Å². The molecule has 1 unspecified atom stereocenters. The van der Waals surface area contributed by atoms with Gasteiger partial charge in [0.2, 0.25) is 0 Å². The third kappa shape index (κ3) is 7.62. The topological polar surface area (TPSA) is 0 Å². The lowest BCUT2D eigenvalue weighted by Crippen LogP contribution is -2.26. The summed E-state index contributed by atoms with van der Waals surface area (Å²) < 4.78 is 0. The maximum atomic E-state index is 2.52. The number of rotatable bonds is 10. The maximum Gasteiger partial charge on any atom is 0.0677 e. The van der Waals surface area contributed by atoms with E-state index in [1.165, 1.54) is 63.0 Å².